The number of nitrogens with one attached hydrogen (secondary N) is 1. The summed E-state index contributed by atoms with van der Waals surface area (Å²) in [5.41, 5.74) is 0.917. The predicted octanol–water partition coefficient (Wildman–Crippen LogP) is 2.65. The molecular formula is C16H20N2O2. The van der Waals surface area contributed by atoms with Crippen molar-refractivity contribution in [1.82, 2.24) is 9.88 Å². The SMILES string of the molecule is CC(C)CCN(C)C(=O)c1cc(=O)[nH]c2ccccc12. The van der Waals surface area contributed by atoms with Gasteiger partial charge >= 0.3 is 0 Å². The van der Waals surface area contributed by atoms with Crippen LogP contribution in [0.1, 0.15) is 30.6 Å². The lowest BCUT2D eigenvalue weighted by atomic mass is 10.1. The van der Waals surface area contributed by atoms with E-state index >= 15 is 0 Å². The first kappa shape index (κ1) is 14.3. The lowest BCUT2D eigenvalue weighted by molar-refractivity contribution is 0.0791. The molecule has 0 bridgehead atoms. The molecule has 1 amide bonds. The number of nitrogens with zero attached hydrogens (tertiary/aromatic N) is 1. The molecule has 1 aromatic carbocycles. The average molecular weight is 272 g/mol. The summed E-state index contributed by atoms with van der Waals surface area (Å²) in [6.45, 7) is 4.94. The van der Waals surface area contributed by atoms with Crippen LogP contribution in [0.5, 0.6) is 0 Å². The number of carbonyl (C=O) groups excluding carboxylic acids is 1. The van der Waals surface area contributed by atoms with Crippen LogP contribution in [0, 0.1) is 5.92 Å². The first-order chi connectivity index (χ1) is 9.49. The Hall–Kier alpha value is -2.10. The molecule has 20 heavy (non-hydrogen) atoms. The van der Waals surface area contributed by atoms with E-state index in [1.165, 1.54) is 6.07 Å². The maximum atomic E-state index is 12.5. The second kappa shape index (κ2) is 5.90. The molecule has 1 N–H and O–H groups in total. The van der Waals surface area contributed by atoms with Crippen molar-refractivity contribution in [3.63, 3.8) is 0 Å². The van der Waals surface area contributed by atoms with E-state index in [9.17, 15) is 9.59 Å². The maximum Gasteiger partial charge on any atom is 0.254 e. The molecule has 2 aromatic rings. The first-order valence-electron chi connectivity index (χ1n) is 6.86. The third-order valence-corrected chi connectivity index (χ3v) is 3.37. The number of amides is 1. The molecule has 0 saturated heterocycles. The molecule has 0 unspecified atom stereocenters. The lowest BCUT2D eigenvalue weighted by Crippen LogP contribution is -2.29. The van der Waals surface area contributed by atoms with Crippen LogP contribution in [0.3, 0.4) is 0 Å². The number of fused-ring (bicyclic) bond motifs is 1. The van der Waals surface area contributed by atoms with Crippen molar-refractivity contribution in [1.29, 1.82) is 0 Å². The highest BCUT2D eigenvalue weighted by molar-refractivity contribution is 6.05. The van der Waals surface area contributed by atoms with Gasteiger partial charge in [0.1, 0.15) is 0 Å². The van der Waals surface area contributed by atoms with Crippen LogP contribution in [0.15, 0.2) is 35.1 Å². The molecule has 2 rings (SSSR count). The molecule has 1 aromatic heterocycles. The van der Waals surface area contributed by atoms with Crippen LogP contribution in [0.2, 0.25) is 0 Å². The zero-order chi connectivity index (χ0) is 14.7. The first-order valence-corrected chi connectivity index (χ1v) is 6.86. The summed E-state index contributed by atoms with van der Waals surface area (Å²) in [5, 5.41) is 0.786. The molecule has 1 heterocycles. The van der Waals surface area contributed by atoms with E-state index in [4.69, 9.17) is 0 Å². The number of aromatic nitrogens is 1. The highest BCUT2D eigenvalue weighted by Gasteiger charge is 2.15. The second-order valence-corrected chi connectivity index (χ2v) is 5.50. The number of hydrogen-bond donors (Lipinski definition) is 1. The van der Waals surface area contributed by atoms with Crippen LogP contribution in [0.4, 0.5) is 0 Å². The number of pyridine rings is 1. The van der Waals surface area contributed by atoms with Crippen molar-refractivity contribution < 1.29 is 4.79 Å². The van der Waals surface area contributed by atoms with Crippen molar-refractivity contribution in [3.8, 4) is 0 Å². The predicted molar refractivity (Wildman–Crippen MR) is 81.0 cm³/mol. The average Bonchev–Trinajstić information content (AvgIpc) is 2.42. The molecule has 106 valence electrons. The summed E-state index contributed by atoms with van der Waals surface area (Å²) < 4.78 is 0. The zero-order valence-corrected chi connectivity index (χ0v) is 12.1. The number of para-hydroxylation sites is 1. The summed E-state index contributed by atoms with van der Waals surface area (Å²) in [6.07, 6.45) is 0.948. The van der Waals surface area contributed by atoms with Gasteiger partial charge in [0.25, 0.3) is 5.91 Å². The van der Waals surface area contributed by atoms with Gasteiger partial charge in [0, 0.05) is 30.6 Å². The standard InChI is InChI=1S/C16H20N2O2/c1-11(2)8-9-18(3)16(20)13-10-15(19)17-14-7-5-4-6-12(13)14/h4-7,10-11H,8-9H2,1-3H3,(H,17,19). The van der Waals surface area contributed by atoms with Crippen LogP contribution < -0.4 is 5.56 Å². The van der Waals surface area contributed by atoms with Crippen molar-refractivity contribution >= 4 is 16.8 Å². The molecule has 0 spiro atoms. The third-order valence-electron chi connectivity index (χ3n) is 3.37. The highest BCUT2D eigenvalue weighted by atomic mass is 16.2. The Labute approximate surface area is 118 Å². The molecule has 0 fully saturated rings. The Morgan fingerprint density at radius 3 is 2.70 bits per heavy atom. The molecule has 0 aliphatic rings. The van der Waals surface area contributed by atoms with E-state index in [0.717, 1.165) is 11.8 Å². The maximum absolute atomic E-state index is 12.5. The summed E-state index contributed by atoms with van der Waals surface area (Å²) >= 11 is 0. The molecule has 0 aliphatic heterocycles. The van der Waals surface area contributed by atoms with E-state index in [0.29, 0.717) is 23.5 Å². The van der Waals surface area contributed by atoms with E-state index < -0.39 is 0 Å². The Bertz CT molecular complexity index is 673. The van der Waals surface area contributed by atoms with Gasteiger partial charge in [-0.3, -0.25) is 9.59 Å². The molecular weight excluding hydrogens is 252 g/mol. The number of rotatable bonds is 4. The van der Waals surface area contributed by atoms with E-state index in [-0.39, 0.29) is 11.5 Å². The van der Waals surface area contributed by atoms with Gasteiger partial charge in [-0.25, -0.2) is 0 Å². The minimum absolute atomic E-state index is 0.104. The Balaban J connectivity index is 2.36. The van der Waals surface area contributed by atoms with E-state index in [1.807, 2.05) is 24.3 Å². The Kier molecular flexibility index (Phi) is 4.23. The fourth-order valence-corrected chi connectivity index (χ4v) is 2.14. The van der Waals surface area contributed by atoms with E-state index in [2.05, 4.69) is 18.8 Å². The van der Waals surface area contributed by atoms with Gasteiger partial charge < -0.3 is 9.88 Å². The summed E-state index contributed by atoms with van der Waals surface area (Å²) in [7, 11) is 1.78. The van der Waals surface area contributed by atoms with Crippen molar-refractivity contribution in [2.24, 2.45) is 5.92 Å². The van der Waals surface area contributed by atoms with Crippen molar-refractivity contribution in [2.45, 2.75) is 20.3 Å². The van der Waals surface area contributed by atoms with Gasteiger partial charge in [0.15, 0.2) is 0 Å². The number of carbonyl (C=O) groups is 1. The summed E-state index contributed by atoms with van der Waals surface area (Å²) in [4.78, 5) is 28.6. The highest BCUT2D eigenvalue weighted by Crippen LogP contribution is 2.16. The quantitative estimate of drug-likeness (QED) is 0.930. The molecule has 4 nitrogen and oxygen atoms in total. The van der Waals surface area contributed by atoms with Gasteiger partial charge in [0.2, 0.25) is 5.56 Å². The summed E-state index contributed by atoms with van der Waals surface area (Å²) in [6, 6.07) is 8.76. The number of benzene rings is 1. The van der Waals surface area contributed by atoms with Gasteiger partial charge in [-0.2, -0.15) is 0 Å². The van der Waals surface area contributed by atoms with Gasteiger partial charge in [0.05, 0.1) is 5.56 Å². The number of H-pyrrole nitrogens is 1. The normalized spacial score (nSPS) is 11.0. The van der Waals surface area contributed by atoms with Crippen LogP contribution in [-0.4, -0.2) is 29.4 Å². The number of hydrogen-bond acceptors (Lipinski definition) is 2. The number of aromatic amines is 1. The molecule has 0 saturated carbocycles. The monoisotopic (exact) mass is 272 g/mol. The fourth-order valence-electron chi connectivity index (χ4n) is 2.14. The van der Waals surface area contributed by atoms with Crippen LogP contribution in [0.25, 0.3) is 10.9 Å². The van der Waals surface area contributed by atoms with Crippen molar-refractivity contribution in [2.75, 3.05) is 13.6 Å². The van der Waals surface area contributed by atoms with Gasteiger partial charge in [-0.05, 0) is 18.4 Å². The van der Waals surface area contributed by atoms with Crippen LogP contribution in [-0.2, 0) is 0 Å². The van der Waals surface area contributed by atoms with Crippen LogP contribution >= 0.6 is 0 Å². The Morgan fingerprint density at radius 1 is 1.30 bits per heavy atom. The molecule has 0 atom stereocenters. The molecule has 4 heteroatoms. The van der Waals surface area contributed by atoms with Crippen molar-refractivity contribution in [3.05, 3.63) is 46.2 Å². The minimum Gasteiger partial charge on any atom is -0.342 e. The lowest BCUT2D eigenvalue weighted by Gasteiger charge is -2.19. The van der Waals surface area contributed by atoms with Gasteiger partial charge in [-0.15, -0.1) is 0 Å². The molecule has 0 aliphatic carbocycles. The van der Waals surface area contributed by atoms with E-state index in [1.54, 1.807) is 11.9 Å². The zero-order valence-electron chi connectivity index (χ0n) is 12.1. The second-order valence-electron chi connectivity index (χ2n) is 5.50. The minimum atomic E-state index is -0.246. The topological polar surface area (TPSA) is 53.2 Å². The third kappa shape index (κ3) is 3.07. The molecule has 0 radical (unpaired) electrons. The fraction of sp³-hybridized carbons (Fsp3) is 0.375. The van der Waals surface area contributed by atoms with Gasteiger partial charge in [-0.1, -0.05) is 32.0 Å². The smallest absolute Gasteiger partial charge is 0.254 e. The Morgan fingerprint density at radius 2 is 2.00 bits per heavy atom. The summed E-state index contributed by atoms with van der Waals surface area (Å²) in [5.74, 6) is 0.439. The largest absolute Gasteiger partial charge is 0.342 e.